The highest BCUT2D eigenvalue weighted by molar-refractivity contribution is 6.26. The molecule has 13 aromatic rings. The molecule has 3 nitrogen and oxygen atoms in total. The third kappa shape index (κ3) is 5.46. The zero-order chi connectivity index (χ0) is 41.4. The van der Waals surface area contributed by atoms with Crippen molar-refractivity contribution >= 4 is 93.1 Å². The summed E-state index contributed by atoms with van der Waals surface area (Å²) in [4.78, 5) is 2.43. The van der Waals surface area contributed by atoms with Crippen LogP contribution in [0.1, 0.15) is 0 Å². The second-order valence-corrected chi connectivity index (χ2v) is 16.4. The van der Waals surface area contributed by atoms with Crippen LogP contribution in [0.5, 0.6) is 0 Å². The maximum atomic E-state index is 6.43. The molecule has 63 heavy (non-hydrogen) atoms. The molecule has 0 N–H and O–H groups in total. The first-order valence-electron chi connectivity index (χ1n) is 21.6. The quantitative estimate of drug-likeness (QED) is 0.156. The van der Waals surface area contributed by atoms with Crippen LogP contribution in [-0.2, 0) is 0 Å². The van der Waals surface area contributed by atoms with Gasteiger partial charge in [0.15, 0.2) is 0 Å². The number of aromatic nitrogens is 1. The molecule has 13 rings (SSSR count). The molecule has 11 aromatic carbocycles. The first-order valence-corrected chi connectivity index (χ1v) is 21.6. The number of furan rings is 1. The van der Waals surface area contributed by atoms with Crippen LogP contribution in [0.3, 0.4) is 0 Å². The Balaban J connectivity index is 1.03. The molecule has 0 aliphatic heterocycles. The maximum Gasteiger partial charge on any atom is 0.136 e. The van der Waals surface area contributed by atoms with Crippen molar-refractivity contribution in [3.05, 3.63) is 231 Å². The van der Waals surface area contributed by atoms with Gasteiger partial charge in [-0.3, -0.25) is 0 Å². The third-order valence-corrected chi connectivity index (χ3v) is 13.0. The predicted octanol–water partition coefficient (Wildman–Crippen LogP) is 16.9. The summed E-state index contributed by atoms with van der Waals surface area (Å²) < 4.78 is 8.85. The number of rotatable bonds is 6. The number of nitrogens with zero attached hydrogens (tertiary/aromatic N) is 2. The van der Waals surface area contributed by atoms with Crippen LogP contribution < -0.4 is 4.90 Å². The van der Waals surface area contributed by atoms with Gasteiger partial charge in [-0.05, 0) is 104 Å². The molecule has 0 radical (unpaired) electrons. The number of hydrogen-bond donors (Lipinski definition) is 0. The minimum atomic E-state index is 0.880. The highest BCUT2D eigenvalue weighted by Crippen LogP contribution is 2.47. The van der Waals surface area contributed by atoms with Crippen molar-refractivity contribution in [2.75, 3.05) is 4.90 Å². The second-order valence-electron chi connectivity index (χ2n) is 16.4. The van der Waals surface area contributed by atoms with Gasteiger partial charge >= 0.3 is 0 Å². The average molecular weight is 803 g/mol. The summed E-state index contributed by atoms with van der Waals surface area (Å²) in [5.41, 5.74) is 13.1. The standard InChI is InChI=1S/C60H38N2O/c1-2-19-45-43(17-1)44-18-3-4-20-46(44)53-38-41(36-37-47(45)53)61(55-27-11-8-23-50(55)51-25-15-31-59-60(51)52-24-9-14-30-58(52)63-59)40-34-32-39(33-35-40)42-16-5-10-26-54(42)62-56-28-12-6-21-48(56)49-22-7-13-29-57(49)62/h1-38H. The summed E-state index contributed by atoms with van der Waals surface area (Å²) in [6.45, 7) is 0. The minimum Gasteiger partial charge on any atom is -0.456 e. The van der Waals surface area contributed by atoms with E-state index in [1.165, 1.54) is 59.7 Å². The predicted molar refractivity (Wildman–Crippen MR) is 266 cm³/mol. The van der Waals surface area contributed by atoms with Crippen molar-refractivity contribution in [2.24, 2.45) is 0 Å². The van der Waals surface area contributed by atoms with E-state index in [-0.39, 0.29) is 0 Å². The lowest BCUT2D eigenvalue weighted by Gasteiger charge is -2.29. The number of para-hydroxylation sites is 5. The Morgan fingerprint density at radius 3 is 1.51 bits per heavy atom. The highest BCUT2D eigenvalue weighted by atomic mass is 16.3. The Labute approximate surface area is 363 Å². The van der Waals surface area contributed by atoms with Crippen LogP contribution in [-0.4, -0.2) is 4.57 Å². The minimum absolute atomic E-state index is 0.880. The number of anilines is 3. The van der Waals surface area contributed by atoms with E-state index in [1.807, 2.05) is 6.07 Å². The van der Waals surface area contributed by atoms with Gasteiger partial charge in [-0.15, -0.1) is 0 Å². The molecule has 0 spiro atoms. The summed E-state index contributed by atoms with van der Waals surface area (Å²) in [5, 5.41) is 12.2. The topological polar surface area (TPSA) is 21.3 Å². The number of fused-ring (bicyclic) bond motifs is 12. The van der Waals surface area contributed by atoms with Crippen LogP contribution in [0, 0.1) is 0 Å². The lowest BCUT2D eigenvalue weighted by atomic mass is 9.93. The average Bonchev–Trinajstić information content (AvgIpc) is 3.91. The van der Waals surface area contributed by atoms with Gasteiger partial charge in [-0.1, -0.05) is 170 Å². The van der Waals surface area contributed by atoms with Gasteiger partial charge in [0.05, 0.1) is 22.4 Å². The molecule has 0 saturated carbocycles. The molecule has 0 aliphatic rings. The van der Waals surface area contributed by atoms with E-state index >= 15 is 0 Å². The molecule has 0 bridgehead atoms. The maximum absolute atomic E-state index is 6.43. The van der Waals surface area contributed by atoms with E-state index in [2.05, 4.69) is 234 Å². The van der Waals surface area contributed by atoms with Crippen LogP contribution in [0.4, 0.5) is 17.1 Å². The van der Waals surface area contributed by atoms with Gasteiger partial charge in [0.2, 0.25) is 0 Å². The Hall–Kier alpha value is -8.40. The largest absolute Gasteiger partial charge is 0.456 e. The number of benzene rings is 11. The van der Waals surface area contributed by atoms with E-state index < -0.39 is 0 Å². The van der Waals surface area contributed by atoms with Crippen molar-refractivity contribution in [3.8, 4) is 27.9 Å². The number of hydrogen-bond acceptors (Lipinski definition) is 2. The summed E-state index contributed by atoms with van der Waals surface area (Å²) in [6, 6.07) is 83.5. The van der Waals surface area contributed by atoms with Gasteiger partial charge in [0.25, 0.3) is 0 Å². The lowest BCUT2D eigenvalue weighted by Crippen LogP contribution is -2.11. The molecular formula is C60H38N2O. The zero-order valence-corrected chi connectivity index (χ0v) is 34.2. The van der Waals surface area contributed by atoms with E-state index in [0.717, 1.165) is 61.4 Å². The molecule has 2 aromatic heterocycles. The molecule has 3 heteroatoms. The van der Waals surface area contributed by atoms with Gasteiger partial charge < -0.3 is 13.9 Å². The fraction of sp³-hybridized carbons (Fsp3) is 0. The van der Waals surface area contributed by atoms with Gasteiger partial charge in [0.1, 0.15) is 11.2 Å². The third-order valence-electron chi connectivity index (χ3n) is 13.0. The van der Waals surface area contributed by atoms with Crippen molar-refractivity contribution in [1.29, 1.82) is 0 Å². The molecule has 294 valence electrons. The summed E-state index contributed by atoms with van der Waals surface area (Å²) >= 11 is 0. The Kier molecular flexibility index (Phi) is 7.91. The molecular weight excluding hydrogens is 765 g/mol. The van der Waals surface area contributed by atoms with Crippen molar-refractivity contribution < 1.29 is 4.42 Å². The fourth-order valence-corrected chi connectivity index (χ4v) is 10.2. The Bertz CT molecular complexity index is 3840. The Morgan fingerprint density at radius 2 is 0.810 bits per heavy atom. The summed E-state index contributed by atoms with van der Waals surface area (Å²) in [6.07, 6.45) is 0. The van der Waals surface area contributed by atoms with E-state index in [1.54, 1.807) is 0 Å². The second kappa shape index (κ2) is 14.1. The van der Waals surface area contributed by atoms with Gasteiger partial charge in [-0.25, -0.2) is 0 Å². The monoisotopic (exact) mass is 802 g/mol. The zero-order valence-electron chi connectivity index (χ0n) is 34.2. The fourth-order valence-electron chi connectivity index (χ4n) is 10.2. The molecule has 0 unspecified atom stereocenters. The van der Waals surface area contributed by atoms with Crippen LogP contribution in [0.15, 0.2) is 235 Å². The van der Waals surface area contributed by atoms with E-state index in [0.29, 0.717) is 0 Å². The molecule has 0 aliphatic carbocycles. The molecule has 0 saturated heterocycles. The molecule has 0 atom stereocenters. The van der Waals surface area contributed by atoms with Gasteiger partial charge in [0, 0.05) is 44.0 Å². The molecule has 0 fully saturated rings. The SMILES string of the molecule is c1ccc(N(c2ccc(-c3ccccc3-n3c4ccccc4c4ccccc43)cc2)c2ccc3c4ccccc4c4ccccc4c3c2)c(-c2cccc3oc4ccccc4c23)c1. The Morgan fingerprint density at radius 1 is 0.317 bits per heavy atom. The molecule has 2 heterocycles. The van der Waals surface area contributed by atoms with Gasteiger partial charge in [-0.2, -0.15) is 0 Å². The van der Waals surface area contributed by atoms with Crippen molar-refractivity contribution in [2.45, 2.75) is 0 Å². The lowest BCUT2D eigenvalue weighted by molar-refractivity contribution is 0.669. The summed E-state index contributed by atoms with van der Waals surface area (Å²) in [7, 11) is 0. The first kappa shape index (κ1) is 35.4. The smallest absolute Gasteiger partial charge is 0.136 e. The highest BCUT2D eigenvalue weighted by Gasteiger charge is 2.22. The van der Waals surface area contributed by atoms with Crippen molar-refractivity contribution in [3.63, 3.8) is 0 Å². The van der Waals surface area contributed by atoms with Crippen LogP contribution in [0.25, 0.3) is 104 Å². The first-order chi connectivity index (χ1) is 31.3. The normalized spacial score (nSPS) is 11.8. The summed E-state index contributed by atoms with van der Waals surface area (Å²) in [5.74, 6) is 0. The van der Waals surface area contributed by atoms with Crippen LogP contribution in [0.2, 0.25) is 0 Å². The van der Waals surface area contributed by atoms with E-state index in [4.69, 9.17) is 4.42 Å². The van der Waals surface area contributed by atoms with Crippen LogP contribution >= 0.6 is 0 Å². The van der Waals surface area contributed by atoms with E-state index in [9.17, 15) is 0 Å². The molecule has 0 amide bonds. The van der Waals surface area contributed by atoms with Crippen molar-refractivity contribution in [1.82, 2.24) is 4.57 Å².